The van der Waals surface area contributed by atoms with Gasteiger partial charge < -0.3 is 11.8 Å². The van der Waals surface area contributed by atoms with Gasteiger partial charge in [0.15, 0.2) is 0 Å². The van der Waals surface area contributed by atoms with Crippen LogP contribution in [-0.4, -0.2) is 36.8 Å². The van der Waals surface area contributed by atoms with E-state index in [2.05, 4.69) is 49.7 Å². The third-order valence-corrected chi connectivity index (χ3v) is 34.0. The van der Waals surface area contributed by atoms with Gasteiger partial charge >= 0.3 is 258 Å². The Kier molecular flexibility index (Phi) is 55.1. The summed E-state index contributed by atoms with van der Waals surface area (Å²) in [7, 11) is 0. The van der Waals surface area contributed by atoms with Gasteiger partial charge in [-0.3, -0.25) is 0 Å². The maximum atomic E-state index is 6.25. The second-order valence-electron chi connectivity index (χ2n) is 9.68. The average Bonchev–Trinajstić information content (AvgIpc) is 2.85. The van der Waals surface area contributed by atoms with Crippen LogP contribution in [0.3, 0.4) is 0 Å². The van der Waals surface area contributed by atoms with Crippen LogP contribution in [0.25, 0.3) is 0 Å². The van der Waals surface area contributed by atoms with E-state index in [9.17, 15) is 0 Å². The molecule has 0 heterocycles. The predicted octanol–water partition coefficient (Wildman–Crippen LogP) is 4.83. The zero-order valence-corrected chi connectivity index (χ0v) is 31.9. The molecule has 6 heteroatoms. The van der Waals surface area contributed by atoms with E-state index in [0.717, 1.165) is 0 Å². The van der Waals surface area contributed by atoms with Crippen LogP contribution in [0.15, 0.2) is 8.18 Å². The minimum atomic E-state index is -1.96. The molecule has 1 nitrogen and oxygen atoms in total. The van der Waals surface area contributed by atoms with Crippen molar-refractivity contribution in [3.8, 4) is 0 Å². The quantitative estimate of drug-likeness (QED) is 0.130. The van der Waals surface area contributed by atoms with Crippen molar-refractivity contribution in [1.29, 1.82) is 5.26 Å². The SMILES string of the molecule is [C-]#N.[CH-]=[CH][Sn]([CH2]CCC)([CH2]CCC)[CH2]CCC.[CH-]=[CH][Sn]([CH2]CCC)([CH2]CCC)[CH2]CCC.[Cu+].[Li+].[Li+]. The van der Waals surface area contributed by atoms with Crippen LogP contribution in [0, 0.1) is 25.0 Å². The summed E-state index contributed by atoms with van der Waals surface area (Å²) in [5, 5.41) is 6.25. The Morgan fingerprint density at radius 3 is 0.714 bits per heavy atom. The van der Waals surface area contributed by atoms with Crippen LogP contribution in [0.2, 0.25) is 26.6 Å². The number of unbranched alkanes of at least 4 members (excludes halogenated alkanes) is 6. The van der Waals surface area contributed by atoms with Crippen molar-refractivity contribution in [3.63, 3.8) is 0 Å². The second kappa shape index (κ2) is 38.4. The van der Waals surface area contributed by atoms with Gasteiger partial charge in [-0.2, -0.15) is 0 Å². The molecule has 0 aliphatic heterocycles. The van der Waals surface area contributed by atoms with E-state index in [1.165, 1.54) is 104 Å². The van der Waals surface area contributed by atoms with Gasteiger partial charge in [-0.05, 0) is 0 Å². The third kappa shape index (κ3) is 29.1. The zero-order chi connectivity index (χ0) is 25.1. The fourth-order valence-electron chi connectivity index (χ4n) is 4.42. The van der Waals surface area contributed by atoms with Gasteiger partial charge in [0.1, 0.15) is 0 Å². The average molecular weight is 736 g/mol. The normalized spacial score (nSPS) is 10.1. The standard InChI is InChI=1S/6C4H9.2C2H2.CN.Cu.2Li.2Sn/c6*1-3-4-2;3*1-2;;;;;/h6*1,3-4H2,2H3;2*1-2H;;;;;;/q;;;;;;3*-1;3*+1;;. The Balaban J connectivity index is -0.000000104. The number of rotatable bonds is 20. The van der Waals surface area contributed by atoms with Gasteiger partial charge in [0.05, 0.1) is 0 Å². The first-order chi connectivity index (χ1) is 15.5. The van der Waals surface area contributed by atoms with Crippen LogP contribution >= 0.6 is 0 Å². The summed E-state index contributed by atoms with van der Waals surface area (Å²) in [6.07, 6.45) is 16.5. The van der Waals surface area contributed by atoms with Crippen LogP contribution < -0.4 is 37.7 Å². The van der Waals surface area contributed by atoms with E-state index >= 15 is 0 Å². The van der Waals surface area contributed by atoms with E-state index < -0.39 is 36.8 Å². The number of nitrogens with zero attached hydrogens (tertiary/aromatic N) is 1. The Hall–Kier alpha value is 2.28. The van der Waals surface area contributed by atoms with E-state index in [-0.39, 0.29) is 54.8 Å². The summed E-state index contributed by atoms with van der Waals surface area (Å²) in [5.74, 6) is 0. The molecule has 0 aliphatic carbocycles. The monoisotopic (exact) mass is 737 g/mol. The minimum Gasteiger partial charge on any atom is 1.00 e. The maximum Gasteiger partial charge on any atom is 1.00 e. The molecule has 0 N–H and O–H groups in total. The molecule has 35 heavy (non-hydrogen) atoms. The van der Waals surface area contributed by atoms with Crippen molar-refractivity contribution in [2.75, 3.05) is 0 Å². The summed E-state index contributed by atoms with van der Waals surface area (Å²) in [5.41, 5.74) is 0. The van der Waals surface area contributed by atoms with Crippen LogP contribution in [-0.2, 0) is 17.1 Å². The minimum absolute atomic E-state index is 0. The smallest absolute Gasteiger partial charge is 1.00 e. The largest absolute Gasteiger partial charge is 1.00 e. The molecule has 0 aromatic heterocycles. The van der Waals surface area contributed by atoms with Gasteiger partial charge in [0.2, 0.25) is 0 Å². The van der Waals surface area contributed by atoms with Crippen LogP contribution in [0.4, 0.5) is 0 Å². The first-order valence-corrected chi connectivity index (χ1v) is 29.2. The van der Waals surface area contributed by atoms with E-state index in [4.69, 9.17) is 25.0 Å². The fourth-order valence-corrected chi connectivity index (χ4v) is 29.7. The van der Waals surface area contributed by atoms with Gasteiger partial charge in [0, 0.05) is 0 Å². The van der Waals surface area contributed by atoms with Crippen molar-refractivity contribution in [2.45, 2.75) is 145 Å². The van der Waals surface area contributed by atoms with Crippen molar-refractivity contribution < 1.29 is 54.8 Å². The molecule has 0 aromatic rings. The topological polar surface area (TPSA) is 23.8 Å². The first kappa shape index (κ1) is 50.2. The first-order valence-electron chi connectivity index (χ1n) is 13.8. The Labute approximate surface area is 266 Å². The second-order valence-corrected chi connectivity index (χ2v) is 35.7. The fraction of sp³-hybridized carbons (Fsp3) is 0.828. The van der Waals surface area contributed by atoms with Gasteiger partial charge in [0.25, 0.3) is 0 Å². The van der Waals surface area contributed by atoms with E-state index in [1.807, 2.05) is 0 Å². The molecular formula is C29H58CuLi2NSn2. The van der Waals surface area contributed by atoms with Crippen molar-refractivity contribution in [1.82, 2.24) is 0 Å². The summed E-state index contributed by atoms with van der Waals surface area (Å²) >= 11 is -3.92. The van der Waals surface area contributed by atoms with Gasteiger partial charge in [-0.15, -0.1) is 0 Å². The molecule has 0 saturated carbocycles. The van der Waals surface area contributed by atoms with Gasteiger partial charge in [-0.1, -0.05) is 0 Å². The van der Waals surface area contributed by atoms with Crippen molar-refractivity contribution in [2.24, 2.45) is 0 Å². The molecule has 0 amide bonds. The van der Waals surface area contributed by atoms with Crippen LogP contribution in [0.1, 0.15) is 119 Å². The molecule has 0 radical (unpaired) electrons. The summed E-state index contributed by atoms with van der Waals surface area (Å²) in [4.78, 5) is 0. The molecule has 0 fully saturated rings. The molecule has 0 atom stereocenters. The third-order valence-electron chi connectivity index (χ3n) is 6.88. The molecule has 0 unspecified atom stereocenters. The van der Waals surface area contributed by atoms with Crippen molar-refractivity contribution in [3.05, 3.63) is 27.9 Å². The molecule has 200 valence electrons. The van der Waals surface area contributed by atoms with E-state index in [1.54, 1.807) is 0 Å². The molecule has 0 spiro atoms. The molecular weight excluding hydrogens is 677 g/mol. The molecule has 0 saturated heterocycles. The van der Waals surface area contributed by atoms with Gasteiger partial charge in [-0.25, -0.2) is 0 Å². The summed E-state index contributed by atoms with van der Waals surface area (Å²) < 4.78 is 13.4. The zero-order valence-electron chi connectivity index (χ0n) is 25.3. The van der Waals surface area contributed by atoms with Crippen LogP contribution in [0.5, 0.6) is 0 Å². The number of hydrogen-bond acceptors (Lipinski definition) is 1. The molecule has 0 rings (SSSR count). The summed E-state index contributed by atoms with van der Waals surface area (Å²) in [6.45, 7) is 30.5. The molecule has 0 bridgehead atoms. The predicted molar refractivity (Wildman–Crippen MR) is 153 cm³/mol. The summed E-state index contributed by atoms with van der Waals surface area (Å²) in [6, 6.07) is 0. The molecule has 0 aliphatic rings. The molecule has 0 aromatic carbocycles. The maximum absolute atomic E-state index is 6.25. The van der Waals surface area contributed by atoms with E-state index in [0.29, 0.717) is 0 Å². The Bertz CT molecular complexity index is 355. The number of hydrogen-bond donors (Lipinski definition) is 0. The van der Waals surface area contributed by atoms with Crippen molar-refractivity contribution >= 4 is 36.8 Å². The Morgan fingerprint density at radius 2 is 0.629 bits per heavy atom. The Morgan fingerprint density at radius 1 is 0.486 bits per heavy atom.